The highest BCUT2D eigenvalue weighted by Gasteiger charge is 2.21. The van der Waals surface area contributed by atoms with Crippen LogP contribution in [0.1, 0.15) is 30.1 Å². The molecule has 1 aliphatic heterocycles. The van der Waals surface area contributed by atoms with Gasteiger partial charge in [0.1, 0.15) is 24.3 Å². The van der Waals surface area contributed by atoms with Gasteiger partial charge < -0.3 is 24.8 Å². The van der Waals surface area contributed by atoms with E-state index in [1.807, 2.05) is 18.2 Å². The standard InChI is InChI=1S/C23H31N3O5S/c1-3-30-23(28)17-8-9-22(25-14-17)26-12-10-18(11-13-26)24-15-19(27)16-31-20-6-4-5-7-21(20)32(2)29/h4-9,14,18-19,24,27H,3,10-13,15-16H2,1-2H3. The van der Waals surface area contributed by atoms with Crippen LogP contribution in [-0.2, 0) is 15.5 Å². The summed E-state index contributed by atoms with van der Waals surface area (Å²) in [5.74, 6) is 1.03. The van der Waals surface area contributed by atoms with E-state index in [1.165, 1.54) is 0 Å². The molecule has 1 saturated heterocycles. The molecule has 1 aromatic heterocycles. The Balaban J connectivity index is 1.40. The average molecular weight is 462 g/mol. The smallest absolute Gasteiger partial charge is 0.339 e. The number of ether oxygens (including phenoxy) is 2. The summed E-state index contributed by atoms with van der Waals surface area (Å²) in [5.41, 5.74) is 0.455. The van der Waals surface area contributed by atoms with Crippen molar-refractivity contribution in [2.75, 3.05) is 44.0 Å². The zero-order valence-electron chi connectivity index (χ0n) is 18.5. The molecular weight excluding hydrogens is 430 g/mol. The maximum Gasteiger partial charge on any atom is 0.339 e. The predicted molar refractivity (Wildman–Crippen MR) is 124 cm³/mol. The summed E-state index contributed by atoms with van der Waals surface area (Å²) in [5, 5.41) is 13.7. The molecule has 0 bridgehead atoms. The highest BCUT2D eigenvalue weighted by molar-refractivity contribution is 7.84. The van der Waals surface area contributed by atoms with Crippen molar-refractivity contribution in [3.63, 3.8) is 0 Å². The third-order valence-electron chi connectivity index (χ3n) is 5.31. The van der Waals surface area contributed by atoms with Gasteiger partial charge in [-0.2, -0.15) is 0 Å². The van der Waals surface area contributed by atoms with E-state index in [-0.39, 0.29) is 12.6 Å². The summed E-state index contributed by atoms with van der Waals surface area (Å²) >= 11 is 0. The first-order valence-corrected chi connectivity index (χ1v) is 12.4. The van der Waals surface area contributed by atoms with Crippen LogP contribution in [-0.4, -0.2) is 71.5 Å². The van der Waals surface area contributed by atoms with Crippen LogP contribution in [0.5, 0.6) is 5.75 Å². The Morgan fingerprint density at radius 2 is 2.03 bits per heavy atom. The first kappa shape index (κ1) is 24.2. The largest absolute Gasteiger partial charge is 0.490 e. The number of hydrogen-bond donors (Lipinski definition) is 2. The molecule has 2 unspecified atom stereocenters. The van der Waals surface area contributed by atoms with Gasteiger partial charge in [-0.15, -0.1) is 0 Å². The SMILES string of the molecule is CCOC(=O)c1ccc(N2CCC(NCC(O)COc3ccccc3S(C)=O)CC2)nc1. The molecule has 0 amide bonds. The molecule has 1 fully saturated rings. The quantitative estimate of drug-likeness (QED) is 0.518. The number of nitrogens with zero attached hydrogens (tertiary/aromatic N) is 2. The molecule has 0 saturated carbocycles. The summed E-state index contributed by atoms with van der Waals surface area (Å²) in [6, 6.07) is 11.1. The van der Waals surface area contributed by atoms with Gasteiger partial charge in [0, 0.05) is 38.1 Å². The van der Waals surface area contributed by atoms with E-state index < -0.39 is 16.9 Å². The van der Waals surface area contributed by atoms with Gasteiger partial charge in [-0.3, -0.25) is 4.21 Å². The van der Waals surface area contributed by atoms with E-state index in [0.29, 0.717) is 35.4 Å². The molecule has 2 aromatic rings. The van der Waals surface area contributed by atoms with Crippen molar-refractivity contribution in [3.05, 3.63) is 48.2 Å². The number of anilines is 1. The van der Waals surface area contributed by atoms with Crippen molar-refractivity contribution in [1.82, 2.24) is 10.3 Å². The van der Waals surface area contributed by atoms with Crippen LogP contribution in [0.3, 0.4) is 0 Å². The lowest BCUT2D eigenvalue weighted by Gasteiger charge is -2.33. The maximum absolute atomic E-state index is 11.8. The van der Waals surface area contributed by atoms with Crippen molar-refractivity contribution in [2.45, 2.75) is 36.8 Å². The first-order valence-electron chi connectivity index (χ1n) is 10.8. The summed E-state index contributed by atoms with van der Waals surface area (Å²) in [6.07, 6.45) is 4.35. The average Bonchev–Trinajstić information content (AvgIpc) is 2.82. The van der Waals surface area contributed by atoms with Crippen molar-refractivity contribution >= 4 is 22.6 Å². The fraction of sp³-hybridized carbons (Fsp3) is 0.478. The second kappa shape index (κ2) is 11.9. The Kier molecular flexibility index (Phi) is 9.01. The number of aliphatic hydroxyl groups excluding tert-OH is 1. The van der Waals surface area contributed by atoms with E-state index in [4.69, 9.17) is 9.47 Å². The zero-order chi connectivity index (χ0) is 22.9. The molecule has 0 aliphatic carbocycles. The van der Waals surface area contributed by atoms with Crippen LogP contribution >= 0.6 is 0 Å². The minimum Gasteiger partial charge on any atom is -0.490 e. The number of nitrogens with one attached hydrogen (secondary N) is 1. The normalized spacial score (nSPS) is 16.4. The van der Waals surface area contributed by atoms with E-state index in [9.17, 15) is 14.1 Å². The van der Waals surface area contributed by atoms with E-state index >= 15 is 0 Å². The molecule has 2 atom stereocenters. The van der Waals surface area contributed by atoms with E-state index in [2.05, 4.69) is 15.2 Å². The Hall–Kier alpha value is -2.49. The molecule has 8 nitrogen and oxygen atoms in total. The number of piperidine rings is 1. The monoisotopic (exact) mass is 461 g/mol. The molecule has 174 valence electrons. The summed E-state index contributed by atoms with van der Waals surface area (Å²) in [6.45, 7) is 4.36. The van der Waals surface area contributed by atoms with E-state index in [0.717, 1.165) is 31.7 Å². The van der Waals surface area contributed by atoms with Crippen molar-refractivity contribution in [3.8, 4) is 5.75 Å². The number of esters is 1. The predicted octanol–water partition coefficient (Wildman–Crippen LogP) is 1.99. The number of benzene rings is 1. The molecule has 1 aromatic carbocycles. The maximum atomic E-state index is 11.8. The molecule has 1 aliphatic rings. The number of hydrogen-bond acceptors (Lipinski definition) is 8. The third-order valence-corrected chi connectivity index (χ3v) is 6.27. The van der Waals surface area contributed by atoms with Crippen molar-refractivity contribution in [2.24, 2.45) is 0 Å². The minimum absolute atomic E-state index is 0.136. The topological polar surface area (TPSA) is 101 Å². The summed E-state index contributed by atoms with van der Waals surface area (Å²) < 4.78 is 22.4. The molecular formula is C23H31N3O5S. The first-order chi connectivity index (χ1) is 15.5. The van der Waals surface area contributed by atoms with Gasteiger partial charge in [-0.25, -0.2) is 9.78 Å². The van der Waals surface area contributed by atoms with Gasteiger partial charge in [0.2, 0.25) is 0 Å². The van der Waals surface area contributed by atoms with Gasteiger partial charge in [-0.05, 0) is 44.0 Å². The van der Waals surface area contributed by atoms with Crippen LogP contribution in [0.2, 0.25) is 0 Å². The number of pyridine rings is 1. The second-order valence-corrected chi connectivity index (χ2v) is 9.01. The number of para-hydroxylation sites is 1. The van der Waals surface area contributed by atoms with Crippen LogP contribution in [0.4, 0.5) is 5.82 Å². The lowest BCUT2D eigenvalue weighted by atomic mass is 10.0. The molecule has 0 radical (unpaired) electrons. The number of aliphatic hydroxyl groups is 1. The van der Waals surface area contributed by atoms with E-state index in [1.54, 1.807) is 37.6 Å². The van der Waals surface area contributed by atoms with Gasteiger partial charge in [0.05, 0.1) is 27.9 Å². The van der Waals surface area contributed by atoms with Gasteiger partial charge in [-0.1, -0.05) is 12.1 Å². The van der Waals surface area contributed by atoms with Crippen LogP contribution in [0.15, 0.2) is 47.5 Å². The highest BCUT2D eigenvalue weighted by Crippen LogP contribution is 2.21. The van der Waals surface area contributed by atoms with Crippen molar-refractivity contribution in [1.29, 1.82) is 0 Å². The van der Waals surface area contributed by atoms with Crippen LogP contribution in [0, 0.1) is 0 Å². The highest BCUT2D eigenvalue weighted by atomic mass is 32.2. The Morgan fingerprint density at radius 3 is 2.69 bits per heavy atom. The zero-order valence-corrected chi connectivity index (χ0v) is 19.3. The number of carbonyl (C=O) groups is 1. The number of carbonyl (C=O) groups excluding carboxylic acids is 1. The number of aromatic nitrogens is 1. The minimum atomic E-state index is -1.14. The second-order valence-electron chi connectivity index (χ2n) is 7.66. The third kappa shape index (κ3) is 6.75. The molecule has 3 rings (SSSR count). The van der Waals surface area contributed by atoms with Crippen LogP contribution in [0.25, 0.3) is 0 Å². The Bertz CT molecular complexity index is 901. The lowest BCUT2D eigenvalue weighted by molar-refractivity contribution is 0.0526. The Labute approximate surface area is 191 Å². The molecule has 9 heteroatoms. The number of rotatable bonds is 10. The van der Waals surface area contributed by atoms with Crippen LogP contribution < -0.4 is 15.0 Å². The fourth-order valence-electron chi connectivity index (χ4n) is 3.58. The molecule has 32 heavy (non-hydrogen) atoms. The van der Waals surface area contributed by atoms with Gasteiger partial charge in [0.15, 0.2) is 0 Å². The van der Waals surface area contributed by atoms with Gasteiger partial charge in [0.25, 0.3) is 0 Å². The summed E-state index contributed by atoms with van der Waals surface area (Å²) in [7, 11) is -1.14. The fourth-order valence-corrected chi connectivity index (χ4v) is 4.26. The van der Waals surface area contributed by atoms with Gasteiger partial charge >= 0.3 is 5.97 Å². The Morgan fingerprint density at radius 1 is 1.28 bits per heavy atom. The molecule has 2 heterocycles. The van der Waals surface area contributed by atoms with Crippen molar-refractivity contribution < 1.29 is 23.6 Å². The lowest BCUT2D eigenvalue weighted by Crippen LogP contribution is -2.45. The summed E-state index contributed by atoms with van der Waals surface area (Å²) in [4.78, 5) is 19.0. The molecule has 0 spiro atoms. The molecule has 2 N–H and O–H groups in total.